The number of carboxylic acids is 2. The van der Waals surface area contributed by atoms with Crippen LogP contribution in [-0.4, -0.2) is 49.2 Å². The number of aliphatic carboxylic acids is 2. The Morgan fingerprint density at radius 1 is 0.966 bits per heavy atom. The molecule has 2 rings (SSSR count). The maximum Gasteiger partial charge on any atom is 0.320 e. The maximum atomic E-state index is 12.5. The molecule has 0 radical (unpaired) electrons. The Balaban J connectivity index is 2.03. The first kappa shape index (κ1) is 22.8. The van der Waals surface area contributed by atoms with Crippen LogP contribution in [0.15, 0.2) is 47.4 Å². The zero-order valence-corrected chi connectivity index (χ0v) is 17.1. The average Bonchev–Trinajstić information content (AvgIpc) is 2.65. The molecule has 0 bridgehead atoms. The summed E-state index contributed by atoms with van der Waals surface area (Å²) < 4.78 is 27.5. The molecule has 9 heteroatoms. The topological polar surface area (TPSA) is 133 Å². The lowest BCUT2D eigenvalue weighted by Gasteiger charge is -2.21. The number of sulfonamides is 1. The minimum atomic E-state index is -3.82. The van der Waals surface area contributed by atoms with Crippen LogP contribution in [0.1, 0.15) is 26.7 Å². The summed E-state index contributed by atoms with van der Waals surface area (Å²) in [5, 5.41) is 22.9. The van der Waals surface area contributed by atoms with Crippen LogP contribution in [0.25, 0.3) is 10.8 Å². The van der Waals surface area contributed by atoms with E-state index in [-0.39, 0.29) is 30.2 Å². The number of carboxylic acid groups (broad SMARTS) is 2. The van der Waals surface area contributed by atoms with Gasteiger partial charge in [0.25, 0.3) is 0 Å². The van der Waals surface area contributed by atoms with Gasteiger partial charge in [-0.15, -0.1) is 0 Å². The average molecular weight is 423 g/mol. The molecule has 29 heavy (non-hydrogen) atoms. The number of carbonyl (C=O) groups is 2. The van der Waals surface area contributed by atoms with Gasteiger partial charge in [-0.1, -0.05) is 44.2 Å². The standard InChI is InChI=1S/C20H26N2O6S/c1-13(2)11-18(20(25)26)22-17(19(23)24)9-10-21-29(27,28)16-8-7-14-5-3-4-6-15(14)12-16/h3-8,12-13,17-18,21-22H,9-11H2,1-2H3,(H,23,24)(H,25,26). The smallest absolute Gasteiger partial charge is 0.320 e. The molecule has 0 amide bonds. The molecule has 8 nitrogen and oxygen atoms in total. The SMILES string of the molecule is CC(C)CC(NC(CCNS(=O)(=O)c1ccc2ccccc2c1)C(=O)O)C(=O)O. The van der Waals surface area contributed by atoms with Gasteiger partial charge in [0.15, 0.2) is 0 Å². The molecule has 2 aromatic carbocycles. The summed E-state index contributed by atoms with van der Waals surface area (Å²) in [6.45, 7) is 3.53. The molecule has 2 atom stereocenters. The maximum absolute atomic E-state index is 12.5. The Hall–Kier alpha value is -2.49. The van der Waals surface area contributed by atoms with E-state index in [9.17, 15) is 28.2 Å². The molecule has 0 aliphatic carbocycles. The lowest BCUT2D eigenvalue weighted by molar-refractivity contribution is -0.143. The molecule has 0 saturated heterocycles. The van der Waals surface area contributed by atoms with Crippen LogP contribution >= 0.6 is 0 Å². The van der Waals surface area contributed by atoms with Crippen molar-refractivity contribution in [1.82, 2.24) is 10.0 Å². The predicted octanol–water partition coefficient (Wildman–Crippen LogP) is 2.05. The molecule has 158 valence electrons. The number of nitrogens with one attached hydrogen (secondary N) is 2. The van der Waals surface area contributed by atoms with Crippen LogP contribution in [0.5, 0.6) is 0 Å². The fourth-order valence-electron chi connectivity index (χ4n) is 2.99. The van der Waals surface area contributed by atoms with E-state index in [2.05, 4.69) is 10.0 Å². The molecule has 2 unspecified atom stereocenters. The van der Waals surface area contributed by atoms with Crippen molar-refractivity contribution in [3.63, 3.8) is 0 Å². The highest BCUT2D eigenvalue weighted by Crippen LogP contribution is 2.18. The molecule has 0 aliphatic heterocycles. The van der Waals surface area contributed by atoms with Crippen molar-refractivity contribution in [2.75, 3.05) is 6.54 Å². The second kappa shape index (κ2) is 9.82. The van der Waals surface area contributed by atoms with Crippen molar-refractivity contribution in [3.05, 3.63) is 42.5 Å². The number of hydrogen-bond acceptors (Lipinski definition) is 5. The highest BCUT2D eigenvalue weighted by atomic mass is 32.2. The fraction of sp³-hybridized carbons (Fsp3) is 0.400. The monoisotopic (exact) mass is 422 g/mol. The van der Waals surface area contributed by atoms with E-state index in [0.29, 0.717) is 0 Å². The highest BCUT2D eigenvalue weighted by molar-refractivity contribution is 7.89. The second-order valence-corrected chi connectivity index (χ2v) is 9.04. The van der Waals surface area contributed by atoms with Crippen molar-refractivity contribution in [1.29, 1.82) is 0 Å². The number of benzene rings is 2. The zero-order valence-electron chi connectivity index (χ0n) is 16.3. The first-order chi connectivity index (χ1) is 13.6. The van der Waals surface area contributed by atoms with E-state index < -0.39 is 34.0 Å². The third-order valence-corrected chi connectivity index (χ3v) is 5.92. The first-order valence-electron chi connectivity index (χ1n) is 9.30. The molecule has 0 heterocycles. The predicted molar refractivity (Wildman–Crippen MR) is 109 cm³/mol. The van der Waals surface area contributed by atoms with E-state index in [4.69, 9.17) is 0 Å². The third-order valence-electron chi connectivity index (χ3n) is 4.46. The van der Waals surface area contributed by atoms with Gasteiger partial charge in [-0.25, -0.2) is 13.1 Å². The second-order valence-electron chi connectivity index (χ2n) is 7.27. The summed E-state index contributed by atoms with van der Waals surface area (Å²) in [6, 6.07) is 9.88. The highest BCUT2D eigenvalue weighted by Gasteiger charge is 2.27. The summed E-state index contributed by atoms with van der Waals surface area (Å²) in [4.78, 5) is 22.9. The van der Waals surface area contributed by atoms with Gasteiger partial charge in [-0.05, 0) is 41.7 Å². The molecule has 0 aromatic heterocycles. The minimum Gasteiger partial charge on any atom is -0.480 e. The number of hydrogen-bond donors (Lipinski definition) is 4. The molecular weight excluding hydrogens is 396 g/mol. The van der Waals surface area contributed by atoms with Gasteiger partial charge in [0.1, 0.15) is 12.1 Å². The largest absolute Gasteiger partial charge is 0.480 e. The minimum absolute atomic E-state index is 0.0597. The van der Waals surface area contributed by atoms with Crippen molar-refractivity contribution >= 4 is 32.7 Å². The summed E-state index contributed by atoms with van der Waals surface area (Å²) in [5.41, 5.74) is 0. The summed E-state index contributed by atoms with van der Waals surface area (Å²) in [5.74, 6) is -2.31. The summed E-state index contributed by atoms with van der Waals surface area (Å²) in [6.07, 6.45) is 0.173. The molecule has 0 fully saturated rings. The summed E-state index contributed by atoms with van der Waals surface area (Å²) in [7, 11) is -3.82. The van der Waals surface area contributed by atoms with E-state index in [1.807, 2.05) is 32.0 Å². The Morgan fingerprint density at radius 2 is 1.59 bits per heavy atom. The van der Waals surface area contributed by atoms with Crippen LogP contribution in [0.3, 0.4) is 0 Å². The van der Waals surface area contributed by atoms with E-state index in [0.717, 1.165) is 10.8 Å². The van der Waals surface area contributed by atoms with Crippen LogP contribution < -0.4 is 10.0 Å². The lowest BCUT2D eigenvalue weighted by atomic mass is 10.0. The van der Waals surface area contributed by atoms with Gasteiger partial charge in [-0.2, -0.15) is 0 Å². The Labute approximate surface area is 170 Å². The van der Waals surface area contributed by atoms with Gasteiger partial charge < -0.3 is 10.2 Å². The van der Waals surface area contributed by atoms with Gasteiger partial charge in [0, 0.05) is 6.54 Å². The first-order valence-corrected chi connectivity index (χ1v) is 10.8. The Bertz CT molecular complexity index is 974. The molecule has 0 saturated carbocycles. The van der Waals surface area contributed by atoms with Gasteiger partial charge in [-0.3, -0.25) is 14.9 Å². The molecule has 0 spiro atoms. The fourth-order valence-corrected chi connectivity index (χ4v) is 4.07. The summed E-state index contributed by atoms with van der Waals surface area (Å²) >= 11 is 0. The van der Waals surface area contributed by atoms with Crippen LogP contribution in [0.4, 0.5) is 0 Å². The molecule has 4 N–H and O–H groups in total. The van der Waals surface area contributed by atoms with Crippen LogP contribution in [-0.2, 0) is 19.6 Å². The number of fused-ring (bicyclic) bond motifs is 1. The van der Waals surface area contributed by atoms with Crippen LogP contribution in [0.2, 0.25) is 0 Å². The molecule has 0 aliphatic rings. The van der Waals surface area contributed by atoms with Crippen molar-refractivity contribution in [2.45, 2.75) is 43.7 Å². The van der Waals surface area contributed by atoms with Gasteiger partial charge in [0.05, 0.1) is 4.90 Å². The lowest BCUT2D eigenvalue weighted by Crippen LogP contribution is -2.48. The van der Waals surface area contributed by atoms with E-state index in [1.54, 1.807) is 18.2 Å². The molecule has 2 aromatic rings. The zero-order chi connectivity index (χ0) is 21.6. The van der Waals surface area contributed by atoms with E-state index >= 15 is 0 Å². The van der Waals surface area contributed by atoms with E-state index in [1.165, 1.54) is 6.07 Å². The van der Waals surface area contributed by atoms with Crippen molar-refractivity contribution < 1.29 is 28.2 Å². The normalized spacial score (nSPS) is 14.0. The van der Waals surface area contributed by atoms with Gasteiger partial charge >= 0.3 is 11.9 Å². The van der Waals surface area contributed by atoms with Crippen molar-refractivity contribution in [2.24, 2.45) is 5.92 Å². The third kappa shape index (κ3) is 6.52. The molecular formula is C20H26N2O6S. The Kier molecular flexibility index (Phi) is 7.72. The van der Waals surface area contributed by atoms with Crippen LogP contribution in [0, 0.1) is 5.92 Å². The Morgan fingerprint density at radius 3 is 2.17 bits per heavy atom. The van der Waals surface area contributed by atoms with Gasteiger partial charge in [0.2, 0.25) is 10.0 Å². The number of rotatable bonds is 11. The quantitative estimate of drug-likeness (QED) is 0.435. The van der Waals surface area contributed by atoms with Crippen molar-refractivity contribution in [3.8, 4) is 0 Å².